The van der Waals surface area contributed by atoms with Crippen LogP contribution in [0.3, 0.4) is 0 Å². The van der Waals surface area contributed by atoms with E-state index in [1.807, 2.05) is 16.3 Å². The monoisotopic (exact) mass is 666 g/mol. The van der Waals surface area contributed by atoms with Crippen molar-refractivity contribution in [3.8, 4) is 10.6 Å². The van der Waals surface area contributed by atoms with E-state index in [-0.39, 0.29) is 17.7 Å². The minimum Gasteiger partial charge on any atom is -0.385 e. The molecule has 3 aromatic heterocycles. The molecule has 2 amide bonds. The summed E-state index contributed by atoms with van der Waals surface area (Å²) in [5, 5.41) is 6.37. The van der Waals surface area contributed by atoms with Crippen molar-refractivity contribution in [1.29, 1.82) is 0 Å². The maximum atomic E-state index is 13.2. The number of aromatic nitrogens is 2. The molecule has 0 unspecified atom stereocenters. The molecule has 0 atom stereocenters. The van der Waals surface area contributed by atoms with Gasteiger partial charge in [0, 0.05) is 75.4 Å². The van der Waals surface area contributed by atoms with E-state index < -0.39 is 0 Å². The molecule has 232 valence electrons. The van der Waals surface area contributed by atoms with E-state index >= 15 is 0 Å². The number of methoxy groups -OCH3 is 1. The van der Waals surface area contributed by atoms with Crippen LogP contribution in [0.25, 0.3) is 10.6 Å². The van der Waals surface area contributed by atoms with Crippen LogP contribution in [-0.4, -0.2) is 98.3 Å². The van der Waals surface area contributed by atoms with Crippen LogP contribution in [0.15, 0.2) is 23.7 Å². The Bertz CT molecular complexity index is 1410. The smallest absolute Gasteiger partial charge is 0.259 e. The average Bonchev–Trinajstić information content (AvgIpc) is 3.62. The highest BCUT2D eigenvalue weighted by atomic mass is 35.5. The number of thiophene rings is 1. The maximum absolute atomic E-state index is 13.2. The lowest BCUT2D eigenvalue weighted by Crippen LogP contribution is -2.47. The summed E-state index contributed by atoms with van der Waals surface area (Å²) in [4.78, 5) is 43.6. The van der Waals surface area contributed by atoms with E-state index in [1.165, 1.54) is 22.7 Å². The lowest BCUT2D eigenvalue weighted by atomic mass is 9.95. The predicted molar refractivity (Wildman–Crippen MR) is 173 cm³/mol. The van der Waals surface area contributed by atoms with Gasteiger partial charge in [0.15, 0.2) is 5.13 Å². The van der Waals surface area contributed by atoms with Crippen LogP contribution in [0.4, 0.5) is 10.9 Å². The molecule has 5 rings (SSSR count). The Morgan fingerprint density at radius 3 is 2.63 bits per heavy atom. The molecule has 0 radical (unpaired) electrons. The standard InChI is InChI=1S/C29H36Cl2N6O4S2/c1-35(6-3-11-40-2)17-24-25(23-15-21(30)18-42-23)33-29(43-24)34-27(38)20-14-22(31)26(32-16-20)36-7-4-19(5-8-36)28(39)37-9-12-41-13-10-37/h14-16,18-19H,3-13,17H2,1-2H3,(H,33,34,38). The molecule has 5 heterocycles. The number of morpholine rings is 1. The SMILES string of the molecule is COCCCN(C)Cc1sc(NC(=O)c2cnc(N3CCC(C(=O)N4CCOCC4)CC3)c(Cl)c2)nc1-c1cc(Cl)cs1. The number of anilines is 2. The summed E-state index contributed by atoms with van der Waals surface area (Å²) in [5.41, 5.74) is 1.16. The highest BCUT2D eigenvalue weighted by Crippen LogP contribution is 2.37. The van der Waals surface area contributed by atoms with Crippen LogP contribution < -0.4 is 10.2 Å². The van der Waals surface area contributed by atoms with E-state index in [0.717, 1.165) is 41.3 Å². The first-order chi connectivity index (χ1) is 20.8. The van der Waals surface area contributed by atoms with Crippen molar-refractivity contribution in [2.75, 3.05) is 76.9 Å². The zero-order chi connectivity index (χ0) is 30.3. The number of carbonyl (C=O) groups is 2. The number of carbonyl (C=O) groups excluding carboxylic acids is 2. The van der Waals surface area contributed by atoms with E-state index in [0.29, 0.717) is 79.1 Å². The first-order valence-electron chi connectivity index (χ1n) is 14.3. The number of hydrogen-bond acceptors (Lipinski definition) is 10. The van der Waals surface area contributed by atoms with Crippen molar-refractivity contribution in [1.82, 2.24) is 19.8 Å². The molecule has 10 nitrogen and oxygen atoms in total. The number of nitrogens with zero attached hydrogens (tertiary/aromatic N) is 5. The van der Waals surface area contributed by atoms with Gasteiger partial charge in [0.25, 0.3) is 5.91 Å². The number of amides is 2. The van der Waals surface area contributed by atoms with Crippen LogP contribution in [-0.2, 0) is 20.8 Å². The van der Waals surface area contributed by atoms with Crippen molar-refractivity contribution >= 4 is 68.6 Å². The predicted octanol–water partition coefficient (Wildman–Crippen LogP) is 5.37. The van der Waals surface area contributed by atoms with Gasteiger partial charge in [0.05, 0.1) is 39.4 Å². The largest absolute Gasteiger partial charge is 0.385 e. The summed E-state index contributed by atoms with van der Waals surface area (Å²) in [5.74, 6) is 0.504. The Kier molecular flexibility index (Phi) is 11.3. The van der Waals surface area contributed by atoms with Crippen LogP contribution in [0.2, 0.25) is 10.0 Å². The van der Waals surface area contributed by atoms with Gasteiger partial charge in [-0.25, -0.2) is 9.97 Å². The molecule has 0 aliphatic carbocycles. The van der Waals surface area contributed by atoms with Gasteiger partial charge >= 0.3 is 0 Å². The second-order valence-electron chi connectivity index (χ2n) is 10.7. The number of ether oxygens (including phenoxy) is 2. The first-order valence-corrected chi connectivity index (χ1v) is 16.8. The van der Waals surface area contributed by atoms with Gasteiger partial charge < -0.3 is 24.2 Å². The molecule has 0 spiro atoms. The summed E-state index contributed by atoms with van der Waals surface area (Å²) >= 11 is 15.8. The minimum atomic E-state index is -0.333. The molecule has 2 fully saturated rings. The third-order valence-electron chi connectivity index (χ3n) is 7.57. The summed E-state index contributed by atoms with van der Waals surface area (Å²) in [7, 11) is 3.76. The van der Waals surface area contributed by atoms with Crippen LogP contribution in [0.1, 0.15) is 34.5 Å². The molecule has 1 N–H and O–H groups in total. The van der Waals surface area contributed by atoms with Gasteiger partial charge in [-0.05, 0) is 38.4 Å². The Labute approximate surface area is 269 Å². The number of piperidine rings is 1. The van der Waals surface area contributed by atoms with E-state index in [4.69, 9.17) is 37.7 Å². The number of hydrogen-bond donors (Lipinski definition) is 1. The molecule has 2 saturated heterocycles. The summed E-state index contributed by atoms with van der Waals surface area (Å²) in [6.07, 6.45) is 3.94. The topological polar surface area (TPSA) is 100 Å². The zero-order valence-corrected chi connectivity index (χ0v) is 27.5. The first kappa shape index (κ1) is 32.1. The Morgan fingerprint density at radius 1 is 1.19 bits per heavy atom. The molecule has 14 heteroatoms. The molecular weight excluding hydrogens is 631 g/mol. The molecular formula is C29H36Cl2N6O4S2. The van der Waals surface area contributed by atoms with Crippen molar-refractivity contribution in [2.45, 2.75) is 25.8 Å². The molecule has 0 aromatic carbocycles. The third-order valence-corrected chi connectivity index (χ3v) is 10.1. The summed E-state index contributed by atoms with van der Waals surface area (Å²) < 4.78 is 10.6. The van der Waals surface area contributed by atoms with Crippen molar-refractivity contribution < 1.29 is 19.1 Å². The number of thiazole rings is 1. The zero-order valence-electron chi connectivity index (χ0n) is 24.3. The van der Waals surface area contributed by atoms with Crippen LogP contribution in [0.5, 0.6) is 0 Å². The Morgan fingerprint density at radius 2 is 1.95 bits per heavy atom. The van der Waals surface area contributed by atoms with Gasteiger partial charge in [-0.3, -0.25) is 14.9 Å². The molecule has 0 saturated carbocycles. The van der Waals surface area contributed by atoms with Gasteiger partial charge in [0.2, 0.25) is 5.91 Å². The fourth-order valence-corrected chi connectivity index (χ4v) is 7.77. The quantitative estimate of drug-likeness (QED) is 0.273. The fourth-order valence-electron chi connectivity index (χ4n) is 5.28. The van der Waals surface area contributed by atoms with Gasteiger partial charge in [-0.2, -0.15) is 0 Å². The Balaban J connectivity index is 1.22. The molecule has 43 heavy (non-hydrogen) atoms. The Hall–Kier alpha value is -2.32. The van der Waals surface area contributed by atoms with Crippen molar-refractivity contribution in [2.24, 2.45) is 5.92 Å². The fraction of sp³-hybridized carbons (Fsp3) is 0.517. The minimum absolute atomic E-state index is 0.00148. The molecule has 2 aliphatic rings. The maximum Gasteiger partial charge on any atom is 0.259 e. The van der Waals surface area contributed by atoms with Crippen LogP contribution in [0, 0.1) is 5.92 Å². The molecule has 0 bridgehead atoms. The van der Waals surface area contributed by atoms with E-state index in [9.17, 15) is 9.59 Å². The van der Waals surface area contributed by atoms with Gasteiger partial charge in [0.1, 0.15) is 5.82 Å². The number of nitrogens with one attached hydrogen (secondary N) is 1. The lowest BCUT2D eigenvalue weighted by Gasteiger charge is -2.36. The lowest BCUT2D eigenvalue weighted by molar-refractivity contribution is -0.140. The number of pyridine rings is 1. The van der Waals surface area contributed by atoms with Gasteiger partial charge in [-0.15, -0.1) is 11.3 Å². The normalized spacial score (nSPS) is 16.2. The van der Waals surface area contributed by atoms with Crippen molar-refractivity contribution in [3.05, 3.63) is 44.2 Å². The second kappa shape index (κ2) is 15.1. The number of halogens is 2. The second-order valence-corrected chi connectivity index (χ2v) is 13.5. The molecule has 2 aliphatic heterocycles. The van der Waals surface area contributed by atoms with Crippen LogP contribution >= 0.6 is 45.9 Å². The molecule has 3 aromatic rings. The summed E-state index contributed by atoms with van der Waals surface area (Å²) in [6, 6.07) is 3.54. The highest BCUT2D eigenvalue weighted by molar-refractivity contribution is 7.17. The average molecular weight is 668 g/mol. The third kappa shape index (κ3) is 8.24. The summed E-state index contributed by atoms with van der Waals surface area (Å²) in [6.45, 7) is 6.13. The number of rotatable bonds is 11. The van der Waals surface area contributed by atoms with Gasteiger partial charge in [-0.1, -0.05) is 34.5 Å². The van der Waals surface area contributed by atoms with E-state index in [2.05, 4.69) is 27.1 Å². The van der Waals surface area contributed by atoms with Crippen molar-refractivity contribution in [3.63, 3.8) is 0 Å². The highest BCUT2D eigenvalue weighted by Gasteiger charge is 2.30. The van der Waals surface area contributed by atoms with E-state index in [1.54, 1.807) is 19.4 Å².